The maximum Gasteiger partial charge on any atom is 0.116 e. The van der Waals surface area contributed by atoms with E-state index in [9.17, 15) is 0 Å². The lowest BCUT2D eigenvalue weighted by Crippen LogP contribution is -2.16. The van der Waals surface area contributed by atoms with Crippen molar-refractivity contribution in [1.82, 2.24) is 4.90 Å². The average Bonchev–Trinajstić information content (AvgIpc) is 2.99. The Balaban J connectivity index is 0.000000770. The zero-order valence-electron chi connectivity index (χ0n) is 17.6. The van der Waals surface area contributed by atoms with Crippen LogP contribution in [0.25, 0.3) is 0 Å². The van der Waals surface area contributed by atoms with E-state index in [1.807, 2.05) is 12.1 Å². The van der Waals surface area contributed by atoms with E-state index >= 15 is 0 Å². The monoisotopic (exact) mass is 379 g/mol. The number of aldehydes is 1. The predicted molar refractivity (Wildman–Crippen MR) is 116 cm³/mol. The third-order valence-corrected chi connectivity index (χ3v) is 4.71. The van der Waals surface area contributed by atoms with Gasteiger partial charge in [0.15, 0.2) is 0 Å². The van der Waals surface area contributed by atoms with Crippen molar-refractivity contribution in [2.45, 2.75) is 65.7 Å². The van der Waals surface area contributed by atoms with Crippen LogP contribution in [-0.4, -0.2) is 31.3 Å². The molecule has 1 fully saturated rings. The van der Waals surface area contributed by atoms with Crippen LogP contribution < -0.4 is 0 Å². The maximum absolute atomic E-state index is 8.81. The molecule has 148 valence electrons. The molecule has 1 unspecified atom stereocenters. The van der Waals surface area contributed by atoms with Crippen molar-refractivity contribution in [3.8, 4) is 0 Å². The molecule has 0 aromatic heterocycles. The van der Waals surface area contributed by atoms with Gasteiger partial charge in [0.05, 0.1) is 0 Å². The second-order valence-electron chi connectivity index (χ2n) is 7.94. The molecule has 1 aliphatic heterocycles. The minimum atomic E-state index is 0.173. The van der Waals surface area contributed by atoms with Crippen molar-refractivity contribution in [2.75, 3.05) is 20.1 Å². The second-order valence-corrected chi connectivity index (χ2v) is 8.38. The summed E-state index contributed by atoms with van der Waals surface area (Å²) >= 11 is 6.16. The number of likely N-dealkylation sites (tertiary alicyclic amines) is 1. The zero-order chi connectivity index (χ0) is 20.2. The Bertz CT molecular complexity index is 533. The first-order chi connectivity index (χ1) is 12.2. The number of carbonyl (C=O) groups is 1. The number of benzene rings is 1. The molecule has 0 radical (unpaired) electrons. The third kappa shape index (κ3) is 10.1. The molecule has 0 amide bonds. The van der Waals surface area contributed by atoms with Gasteiger partial charge < -0.3 is 9.69 Å². The lowest BCUT2D eigenvalue weighted by Gasteiger charge is -2.24. The number of allylic oxidation sites excluding steroid dienone is 1. The van der Waals surface area contributed by atoms with Gasteiger partial charge in [-0.15, -0.1) is 6.58 Å². The van der Waals surface area contributed by atoms with Crippen molar-refractivity contribution in [1.29, 1.82) is 0 Å². The van der Waals surface area contributed by atoms with E-state index in [0.29, 0.717) is 0 Å². The summed E-state index contributed by atoms with van der Waals surface area (Å²) in [5, 5.41) is 0.856. The van der Waals surface area contributed by atoms with Crippen LogP contribution in [0, 0.1) is 5.92 Å². The molecule has 2 rings (SSSR count). The van der Waals surface area contributed by atoms with Crippen LogP contribution >= 0.6 is 11.6 Å². The number of rotatable bonds is 4. The van der Waals surface area contributed by atoms with E-state index in [1.54, 1.807) is 0 Å². The van der Waals surface area contributed by atoms with E-state index in [4.69, 9.17) is 16.4 Å². The Morgan fingerprint density at radius 2 is 1.92 bits per heavy atom. The summed E-state index contributed by atoms with van der Waals surface area (Å²) in [4.78, 5) is 11.2. The van der Waals surface area contributed by atoms with Crippen molar-refractivity contribution >= 4 is 17.9 Å². The van der Waals surface area contributed by atoms with Gasteiger partial charge in [0.2, 0.25) is 0 Å². The molecule has 0 bridgehead atoms. The molecule has 1 aromatic carbocycles. The van der Waals surface area contributed by atoms with E-state index in [2.05, 4.69) is 58.4 Å². The summed E-state index contributed by atoms with van der Waals surface area (Å²) in [6, 6.07) is 6.41. The van der Waals surface area contributed by atoms with Crippen LogP contribution in [0.1, 0.15) is 65.0 Å². The number of hydrogen-bond acceptors (Lipinski definition) is 2. The van der Waals surface area contributed by atoms with Gasteiger partial charge in [0.25, 0.3) is 0 Å². The highest BCUT2D eigenvalue weighted by molar-refractivity contribution is 6.30. The zero-order valence-corrected chi connectivity index (χ0v) is 18.4. The quantitative estimate of drug-likeness (QED) is 0.451. The molecule has 1 aromatic rings. The molecule has 1 atom stereocenters. The number of hydrogen-bond donors (Lipinski definition) is 0. The Morgan fingerprint density at radius 1 is 1.35 bits per heavy atom. The van der Waals surface area contributed by atoms with Gasteiger partial charge in [-0.25, -0.2) is 0 Å². The van der Waals surface area contributed by atoms with Gasteiger partial charge in [-0.3, -0.25) is 0 Å². The molecule has 0 saturated carbocycles. The molecule has 26 heavy (non-hydrogen) atoms. The fourth-order valence-electron chi connectivity index (χ4n) is 3.09. The lowest BCUT2D eigenvalue weighted by atomic mass is 9.82. The molecule has 3 heteroatoms. The van der Waals surface area contributed by atoms with Crippen LogP contribution in [0.15, 0.2) is 30.9 Å². The number of carbonyl (C=O) groups excluding carboxylic acids is 1. The summed E-state index contributed by atoms with van der Waals surface area (Å²) < 4.78 is 0. The highest BCUT2D eigenvalue weighted by Gasteiger charge is 2.22. The molecular weight excluding hydrogens is 342 g/mol. The van der Waals surface area contributed by atoms with Crippen LogP contribution in [-0.2, 0) is 16.6 Å². The molecule has 0 spiro atoms. The Hall–Kier alpha value is -1.12. The van der Waals surface area contributed by atoms with Crippen molar-refractivity contribution < 1.29 is 4.79 Å². The molecule has 1 aliphatic rings. The fraction of sp³-hybridized carbons (Fsp3) is 0.609. The SMILES string of the molecule is C=CCC.CC=O.CN1CCC(CCc2ccc(Cl)cc2C(C)(C)C)C1. The summed E-state index contributed by atoms with van der Waals surface area (Å²) in [5.74, 6) is 0.869. The van der Waals surface area contributed by atoms with Crippen LogP contribution in [0.4, 0.5) is 0 Å². The Morgan fingerprint density at radius 3 is 2.35 bits per heavy atom. The minimum Gasteiger partial charge on any atom is -0.306 e. The maximum atomic E-state index is 8.81. The Labute approximate surface area is 166 Å². The van der Waals surface area contributed by atoms with Crippen molar-refractivity contribution in [2.24, 2.45) is 5.92 Å². The minimum absolute atomic E-state index is 0.173. The topological polar surface area (TPSA) is 20.3 Å². The summed E-state index contributed by atoms with van der Waals surface area (Å²) in [6.45, 7) is 16.3. The lowest BCUT2D eigenvalue weighted by molar-refractivity contribution is -0.106. The van der Waals surface area contributed by atoms with Gasteiger partial charge in [0.1, 0.15) is 6.29 Å². The van der Waals surface area contributed by atoms with E-state index in [1.165, 1.54) is 50.4 Å². The van der Waals surface area contributed by atoms with Crippen LogP contribution in [0.3, 0.4) is 0 Å². The first-order valence-electron chi connectivity index (χ1n) is 9.67. The molecule has 1 heterocycles. The second kappa shape index (κ2) is 13.1. The van der Waals surface area contributed by atoms with Gasteiger partial charge in [0, 0.05) is 11.6 Å². The molecule has 1 saturated heterocycles. The third-order valence-electron chi connectivity index (χ3n) is 4.48. The number of halogens is 1. The van der Waals surface area contributed by atoms with Gasteiger partial charge in [-0.1, -0.05) is 51.4 Å². The highest BCUT2D eigenvalue weighted by atomic mass is 35.5. The summed E-state index contributed by atoms with van der Waals surface area (Å²) in [7, 11) is 2.23. The van der Waals surface area contributed by atoms with Crippen LogP contribution in [0.2, 0.25) is 5.02 Å². The van der Waals surface area contributed by atoms with Crippen LogP contribution in [0.5, 0.6) is 0 Å². The van der Waals surface area contributed by atoms with Crippen molar-refractivity contribution in [3.05, 3.63) is 47.0 Å². The summed E-state index contributed by atoms with van der Waals surface area (Å²) in [5.41, 5.74) is 3.06. The molecule has 0 N–H and O–H groups in total. The van der Waals surface area contributed by atoms with Crippen molar-refractivity contribution in [3.63, 3.8) is 0 Å². The van der Waals surface area contributed by atoms with E-state index in [-0.39, 0.29) is 5.41 Å². The van der Waals surface area contributed by atoms with E-state index in [0.717, 1.165) is 23.6 Å². The first-order valence-corrected chi connectivity index (χ1v) is 10.0. The molecular formula is C23H38ClNO. The predicted octanol–water partition coefficient (Wildman–Crippen LogP) is 6.31. The smallest absolute Gasteiger partial charge is 0.116 e. The summed E-state index contributed by atoms with van der Waals surface area (Å²) in [6.07, 6.45) is 7.55. The molecule has 0 aliphatic carbocycles. The number of aryl methyl sites for hydroxylation is 1. The highest BCUT2D eigenvalue weighted by Crippen LogP contribution is 2.30. The standard InChI is InChI=1S/C17H26ClN.C4H8.C2H4O/c1-17(2,3)16-11-15(18)8-7-14(16)6-5-13-9-10-19(4)12-13;1-3-4-2;1-2-3/h7-8,11,13H,5-6,9-10,12H2,1-4H3;3H,1,4H2,2H3;2H,1H3. The Kier molecular flexibility index (Phi) is 12.5. The fourth-order valence-corrected chi connectivity index (χ4v) is 3.26. The largest absolute Gasteiger partial charge is 0.306 e. The van der Waals surface area contributed by atoms with Gasteiger partial charge >= 0.3 is 0 Å². The van der Waals surface area contributed by atoms with Gasteiger partial charge in [-0.2, -0.15) is 0 Å². The average molecular weight is 380 g/mol. The first kappa shape index (κ1) is 24.9. The van der Waals surface area contributed by atoms with E-state index < -0.39 is 0 Å². The number of nitrogens with zero attached hydrogens (tertiary/aromatic N) is 1. The normalized spacial score (nSPS) is 16.8. The molecule has 2 nitrogen and oxygen atoms in total. The van der Waals surface area contributed by atoms with Gasteiger partial charge in [-0.05, 0) is 80.8 Å².